The van der Waals surface area contributed by atoms with Crippen LogP contribution in [0.2, 0.25) is 0 Å². The van der Waals surface area contributed by atoms with Gasteiger partial charge in [-0.25, -0.2) is 0 Å². The third kappa shape index (κ3) is 7.72. The minimum absolute atomic E-state index is 0.0120. The molecule has 0 saturated heterocycles. The molecule has 0 unspecified atom stereocenters. The van der Waals surface area contributed by atoms with Gasteiger partial charge < -0.3 is 21.8 Å². The van der Waals surface area contributed by atoms with Crippen molar-refractivity contribution in [2.45, 2.75) is 45.3 Å². The molecule has 0 aliphatic rings. The van der Waals surface area contributed by atoms with E-state index in [0.717, 1.165) is 22.3 Å². The second kappa shape index (κ2) is 11.7. The molecular formula is C22H28N4O2. The zero-order valence-electron chi connectivity index (χ0n) is 16.0. The number of amides is 2. The molecule has 148 valence electrons. The first-order valence-corrected chi connectivity index (χ1v) is 9.51. The van der Waals surface area contributed by atoms with E-state index in [0.29, 0.717) is 45.3 Å². The molecule has 28 heavy (non-hydrogen) atoms. The molecule has 0 bridgehead atoms. The van der Waals surface area contributed by atoms with Gasteiger partial charge in [0.25, 0.3) is 0 Å². The SMILES string of the molecule is N=Cc1cccc(CNC(=O)CCCCC(=O)NCc2cccc(CN)c2)c1. The molecule has 0 spiro atoms. The summed E-state index contributed by atoms with van der Waals surface area (Å²) in [5.41, 5.74) is 9.47. The normalized spacial score (nSPS) is 10.3. The molecule has 2 aromatic carbocycles. The van der Waals surface area contributed by atoms with Crippen molar-refractivity contribution in [3.63, 3.8) is 0 Å². The maximum absolute atomic E-state index is 11.9. The molecule has 0 aliphatic heterocycles. The van der Waals surface area contributed by atoms with Crippen LogP contribution in [0.1, 0.15) is 47.9 Å². The van der Waals surface area contributed by atoms with Crippen molar-refractivity contribution in [3.05, 3.63) is 70.8 Å². The van der Waals surface area contributed by atoms with E-state index in [1.165, 1.54) is 6.21 Å². The molecule has 0 radical (unpaired) electrons. The molecule has 0 fully saturated rings. The van der Waals surface area contributed by atoms with E-state index >= 15 is 0 Å². The van der Waals surface area contributed by atoms with E-state index in [-0.39, 0.29) is 11.8 Å². The Bertz CT molecular complexity index is 805. The fourth-order valence-electron chi connectivity index (χ4n) is 2.81. The van der Waals surface area contributed by atoms with Crippen LogP contribution in [0.15, 0.2) is 48.5 Å². The standard InChI is InChI=1S/C22H28N4O2/c23-13-17-5-3-7-19(11-17)15-25-21(27)9-1-2-10-22(28)26-16-20-8-4-6-18(12-20)14-24/h3-8,11-13,23H,1-2,9-10,14-16,24H2,(H,25,27)(H,26,28). The Hall–Kier alpha value is -2.99. The number of carbonyl (C=O) groups excluding carboxylic acids is 2. The molecule has 0 saturated carbocycles. The number of benzene rings is 2. The Morgan fingerprint density at radius 1 is 0.857 bits per heavy atom. The van der Waals surface area contributed by atoms with Crippen molar-refractivity contribution >= 4 is 18.0 Å². The lowest BCUT2D eigenvalue weighted by molar-refractivity contribution is -0.123. The monoisotopic (exact) mass is 380 g/mol. The smallest absolute Gasteiger partial charge is 0.220 e. The third-order valence-electron chi connectivity index (χ3n) is 4.38. The third-order valence-corrected chi connectivity index (χ3v) is 4.38. The minimum atomic E-state index is -0.0285. The maximum Gasteiger partial charge on any atom is 0.220 e. The lowest BCUT2D eigenvalue weighted by Gasteiger charge is -2.08. The predicted molar refractivity (Wildman–Crippen MR) is 111 cm³/mol. The fourth-order valence-corrected chi connectivity index (χ4v) is 2.81. The van der Waals surface area contributed by atoms with Gasteiger partial charge in [0, 0.05) is 38.7 Å². The second-order valence-electron chi connectivity index (χ2n) is 6.67. The first-order chi connectivity index (χ1) is 13.6. The van der Waals surface area contributed by atoms with Crippen LogP contribution < -0.4 is 16.4 Å². The summed E-state index contributed by atoms with van der Waals surface area (Å²) in [7, 11) is 0. The number of nitrogens with one attached hydrogen (secondary N) is 3. The summed E-state index contributed by atoms with van der Waals surface area (Å²) >= 11 is 0. The van der Waals surface area contributed by atoms with E-state index < -0.39 is 0 Å². The van der Waals surface area contributed by atoms with E-state index in [1.54, 1.807) is 0 Å². The highest BCUT2D eigenvalue weighted by atomic mass is 16.2. The summed E-state index contributed by atoms with van der Waals surface area (Å²) in [6.45, 7) is 1.42. The Morgan fingerprint density at radius 3 is 1.96 bits per heavy atom. The highest BCUT2D eigenvalue weighted by molar-refractivity contribution is 5.78. The van der Waals surface area contributed by atoms with Crippen molar-refractivity contribution in [2.24, 2.45) is 5.73 Å². The van der Waals surface area contributed by atoms with Gasteiger partial charge in [-0.05, 0) is 41.2 Å². The fraction of sp³-hybridized carbons (Fsp3) is 0.318. The zero-order valence-corrected chi connectivity index (χ0v) is 16.0. The van der Waals surface area contributed by atoms with Gasteiger partial charge in [0.2, 0.25) is 11.8 Å². The van der Waals surface area contributed by atoms with Crippen LogP contribution in [0.25, 0.3) is 0 Å². The van der Waals surface area contributed by atoms with Gasteiger partial charge in [-0.15, -0.1) is 0 Å². The highest BCUT2D eigenvalue weighted by Crippen LogP contribution is 2.06. The molecule has 6 heteroatoms. The number of hydrogen-bond acceptors (Lipinski definition) is 4. The zero-order chi connectivity index (χ0) is 20.2. The summed E-state index contributed by atoms with van der Waals surface area (Å²) in [5.74, 6) is -0.0405. The Labute approximate surface area is 166 Å². The first kappa shape index (κ1) is 21.3. The van der Waals surface area contributed by atoms with Gasteiger partial charge in [-0.3, -0.25) is 9.59 Å². The van der Waals surface area contributed by atoms with Crippen molar-refractivity contribution in [1.29, 1.82) is 5.41 Å². The largest absolute Gasteiger partial charge is 0.352 e. The van der Waals surface area contributed by atoms with Gasteiger partial charge in [0.05, 0.1) is 0 Å². The summed E-state index contributed by atoms with van der Waals surface area (Å²) in [6, 6.07) is 15.3. The molecule has 0 heterocycles. The molecule has 0 atom stereocenters. The lowest BCUT2D eigenvalue weighted by atomic mass is 10.1. The number of unbranched alkanes of at least 4 members (excludes halogenated alkanes) is 1. The average Bonchev–Trinajstić information content (AvgIpc) is 2.74. The Balaban J connectivity index is 1.58. The van der Waals surface area contributed by atoms with Gasteiger partial charge in [0.1, 0.15) is 0 Å². The summed E-state index contributed by atoms with van der Waals surface area (Å²) in [5, 5.41) is 13.0. The molecule has 2 aromatic rings. The average molecular weight is 380 g/mol. The Morgan fingerprint density at radius 2 is 1.39 bits per heavy atom. The van der Waals surface area contributed by atoms with Crippen molar-refractivity contribution < 1.29 is 9.59 Å². The highest BCUT2D eigenvalue weighted by Gasteiger charge is 2.05. The van der Waals surface area contributed by atoms with Crippen molar-refractivity contribution in [1.82, 2.24) is 10.6 Å². The van der Waals surface area contributed by atoms with Crippen LogP contribution in [-0.2, 0) is 29.2 Å². The van der Waals surface area contributed by atoms with Crippen LogP contribution in [0, 0.1) is 5.41 Å². The van der Waals surface area contributed by atoms with E-state index in [1.807, 2.05) is 48.5 Å². The van der Waals surface area contributed by atoms with Gasteiger partial charge in [0.15, 0.2) is 0 Å². The van der Waals surface area contributed by atoms with Crippen LogP contribution >= 0.6 is 0 Å². The molecule has 5 N–H and O–H groups in total. The number of carbonyl (C=O) groups is 2. The first-order valence-electron chi connectivity index (χ1n) is 9.51. The number of nitrogens with two attached hydrogens (primary N) is 1. The van der Waals surface area contributed by atoms with Crippen molar-refractivity contribution in [2.75, 3.05) is 0 Å². The summed E-state index contributed by atoms with van der Waals surface area (Å²) in [6.07, 6.45) is 3.43. The van der Waals surface area contributed by atoms with Gasteiger partial charge in [-0.2, -0.15) is 0 Å². The molecule has 0 aromatic heterocycles. The predicted octanol–water partition coefficient (Wildman–Crippen LogP) is 2.64. The van der Waals surface area contributed by atoms with Crippen molar-refractivity contribution in [3.8, 4) is 0 Å². The van der Waals surface area contributed by atoms with Gasteiger partial charge in [-0.1, -0.05) is 42.5 Å². The maximum atomic E-state index is 11.9. The van der Waals surface area contributed by atoms with E-state index in [2.05, 4.69) is 10.6 Å². The molecular weight excluding hydrogens is 352 g/mol. The number of rotatable bonds is 11. The van der Waals surface area contributed by atoms with Crippen LogP contribution in [-0.4, -0.2) is 18.0 Å². The van der Waals surface area contributed by atoms with E-state index in [4.69, 9.17) is 11.1 Å². The number of hydrogen-bond donors (Lipinski definition) is 4. The molecule has 0 aliphatic carbocycles. The summed E-state index contributed by atoms with van der Waals surface area (Å²) in [4.78, 5) is 23.9. The van der Waals surface area contributed by atoms with Crippen LogP contribution in [0.3, 0.4) is 0 Å². The van der Waals surface area contributed by atoms with Crippen LogP contribution in [0.5, 0.6) is 0 Å². The topological polar surface area (TPSA) is 108 Å². The lowest BCUT2D eigenvalue weighted by Crippen LogP contribution is -2.24. The molecule has 2 amide bonds. The van der Waals surface area contributed by atoms with Gasteiger partial charge >= 0.3 is 0 Å². The minimum Gasteiger partial charge on any atom is -0.352 e. The second-order valence-corrected chi connectivity index (χ2v) is 6.67. The molecule has 6 nitrogen and oxygen atoms in total. The van der Waals surface area contributed by atoms with Crippen LogP contribution in [0.4, 0.5) is 0 Å². The Kier molecular flexibility index (Phi) is 8.88. The summed E-state index contributed by atoms with van der Waals surface area (Å²) < 4.78 is 0. The van der Waals surface area contributed by atoms with E-state index in [9.17, 15) is 9.59 Å². The molecule has 2 rings (SSSR count). The quantitative estimate of drug-likeness (QED) is 0.355.